The van der Waals surface area contributed by atoms with Crippen LogP contribution >= 0.6 is 0 Å². The van der Waals surface area contributed by atoms with E-state index < -0.39 is 86.6 Å². The maximum atomic E-state index is 11.2. The van der Waals surface area contributed by atoms with Gasteiger partial charge in [0, 0.05) is 12.5 Å². The molecule has 9 atom stereocenters. The highest BCUT2D eigenvalue weighted by Gasteiger charge is 2.58. The molecule has 2 saturated heterocycles. The van der Waals surface area contributed by atoms with Gasteiger partial charge in [0.15, 0.2) is 6.29 Å². The van der Waals surface area contributed by atoms with E-state index >= 15 is 0 Å². The van der Waals surface area contributed by atoms with Crippen LogP contribution in [0, 0.1) is 0 Å². The Morgan fingerprint density at radius 2 is 1.26 bits per heavy atom. The van der Waals surface area contributed by atoms with Crippen molar-refractivity contribution < 1.29 is 69.4 Å². The van der Waals surface area contributed by atoms with E-state index in [1.54, 1.807) is 0 Å². The minimum Gasteiger partial charge on any atom is -0.481 e. The summed E-state index contributed by atoms with van der Waals surface area (Å²) in [6.07, 6.45) is 8.01. The summed E-state index contributed by atoms with van der Waals surface area (Å²) in [6, 6.07) is 0. The van der Waals surface area contributed by atoms with Crippen LogP contribution < -0.4 is 0 Å². The molecule has 0 aliphatic carbocycles. The van der Waals surface area contributed by atoms with Gasteiger partial charge in [0.25, 0.3) is 0 Å². The lowest BCUT2D eigenvalue weighted by atomic mass is 9.99. The first-order chi connectivity index (χ1) is 22.5. The fraction of sp³-hybridized carbons (Fsp3) is 0.879. The van der Waals surface area contributed by atoms with Crippen LogP contribution in [0.15, 0.2) is 12.7 Å². The molecule has 47 heavy (non-hydrogen) atoms. The fourth-order valence-electron chi connectivity index (χ4n) is 5.49. The van der Waals surface area contributed by atoms with Crippen LogP contribution in [0.5, 0.6) is 0 Å². The van der Waals surface area contributed by atoms with Crippen LogP contribution in [-0.2, 0) is 28.5 Å². The molecule has 276 valence electrons. The molecule has 2 aliphatic rings. The Labute approximate surface area is 278 Å². The Hall–Kier alpha value is -1.72. The highest BCUT2D eigenvalue weighted by molar-refractivity contribution is 5.81. The van der Waals surface area contributed by atoms with Crippen molar-refractivity contribution in [1.82, 2.24) is 0 Å². The van der Waals surface area contributed by atoms with Crippen LogP contribution in [0.1, 0.15) is 110 Å². The smallest absolute Gasteiger partial charge is 0.330 e. The summed E-state index contributed by atoms with van der Waals surface area (Å²) in [5.74, 6) is -3.75. The van der Waals surface area contributed by atoms with Crippen molar-refractivity contribution in [2.75, 3.05) is 19.8 Å². The Balaban J connectivity index is 0.000000494. The quantitative estimate of drug-likeness (QED) is 0.0436. The molecule has 0 radical (unpaired) electrons. The molecule has 0 unspecified atom stereocenters. The van der Waals surface area contributed by atoms with Crippen molar-refractivity contribution in [1.29, 1.82) is 0 Å². The van der Waals surface area contributed by atoms with Gasteiger partial charge in [-0.25, -0.2) is 4.79 Å². The number of carboxylic acids is 1. The third-order valence-corrected chi connectivity index (χ3v) is 8.44. The Morgan fingerprint density at radius 1 is 0.745 bits per heavy atom. The number of aliphatic hydroxyl groups is 7. The van der Waals surface area contributed by atoms with Crippen LogP contribution in [0.4, 0.5) is 0 Å². The van der Waals surface area contributed by atoms with Crippen LogP contribution in [0.25, 0.3) is 0 Å². The lowest BCUT2D eigenvalue weighted by Gasteiger charge is -2.43. The number of aliphatic carboxylic acids is 1. The van der Waals surface area contributed by atoms with E-state index in [1.165, 1.54) is 83.5 Å². The van der Waals surface area contributed by atoms with Gasteiger partial charge < -0.3 is 59.8 Å². The summed E-state index contributed by atoms with van der Waals surface area (Å²) < 4.78 is 20.5. The maximum Gasteiger partial charge on any atom is 0.330 e. The van der Waals surface area contributed by atoms with Crippen molar-refractivity contribution in [2.45, 2.75) is 164 Å². The molecular weight excluding hydrogens is 620 g/mol. The Kier molecular flexibility index (Phi) is 22.5. The van der Waals surface area contributed by atoms with E-state index in [1.807, 2.05) is 0 Å². The minimum atomic E-state index is -2.27. The zero-order chi connectivity index (χ0) is 35.2. The van der Waals surface area contributed by atoms with Crippen LogP contribution in [0.3, 0.4) is 0 Å². The highest BCUT2D eigenvalue weighted by Crippen LogP contribution is 2.36. The van der Waals surface area contributed by atoms with E-state index in [4.69, 9.17) is 29.2 Å². The largest absolute Gasteiger partial charge is 0.481 e. The SMILES string of the molecule is C=CC(=O)OC[C@H]1O[C@H](O[C@]2(CO)O[C@H](CO)[C@@H](O)[C@@H]2O)[C@H](O)[C@@H](O)[C@@H]1O.CCCCCCCCCCCCCCCCCC(=O)O. The molecule has 0 spiro atoms. The number of ether oxygens (including phenoxy) is 4. The van der Waals surface area contributed by atoms with E-state index in [2.05, 4.69) is 13.5 Å². The van der Waals surface area contributed by atoms with E-state index in [0.29, 0.717) is 6.42 Å². The second-order valence-electron chi connectivity index (χ2n) is 12.3. The number of hydrogen-bond donors (Lipinski definition) is 8. The van der Waals surface area contributed by atoms with Gasteiger partial charge in [0.2, 0.25) is 5.79 Å². The summed E-state index contributed by atoms with van der Waals surface area (Å²) in [4.78, 5) is 21.5. The summed E-state index contributed by atoms with van der Waals surface area (Å²) in [6.45, 7) is 3.25. The molecule has 0 aromatic heterocycles. The van der Waals surface area contributed by atoms with Crippen molar-refractivity contribution in [3.8, 4) is 0 Å². The molecule has 0 aromatic rings. The second kappa shape index (κ2) is 24.4. The Bertz CT molecular complexity index is 859. The van der Waals surface area contributed by atoms with Crippen molar-refractivity contribution in [3.63, 3.8) is 0 Å². The number of carbonyl (C=O) groups excluding carboxylic acids is 1. The predicted molar refractivity (Wildman–Crippen MR) is 170 cm³/mol. The zero-order valence-corrected chi connectivity index (χ0v) is 27.9. The second-order valence-corrected chi connectivity index (χ2v) is 12.3. The van der Waals surface area contributed by atoms with E-state index in [9.17, 15) is 40.2 Å². The topological polar surface area (TPSA) is 233 Å². The van der Waals surface area contributed by atoms with Crippen LogP contribution in [0.2, 0.25) is 0 Å². The van der Waals surface area contributed by atoms with Gasteiger partial charge in [-0.15, -0.1) is 0 Å². The van der Waals surface area contributed by atoms with Crippen molar-refractivity contribution in [3.05, 3.63) is 12.7 Å². The molecule has 0 amide bonds. The van der Waals surface area contributed by atoms with Gasteiger partial charge >= 0.3 is 11.9 Å². The maximum absolute atomic E-state index is 11.2. The molecule has 14 nitrogen and oxygen atoms in total. The molecule has 2 fully saturated rings. The molecule has 0 saturated carbocycles. The first-order valence-electron chi connectivity index (χ1n) is 17.1. The van der Waals surface area contributed by atoms with Gasteiger partial charge in [-0.1, -0.05) is 103 Å². The number of esters is 1. The first-order valence-corrected chi connectivity index (χ1v) is 17.1. The van der Waals surface area contributed by atoms with Gasteiger partial charge in [-0.2, -0.15) is 0 Å². The number of hydrogen-bond acceptors (Lipinski definition) is 13. The van der Waals surface area contributed by atoms with Gasteiger partial charge in [0.05, 0.1) is 6.61 Å². The normalized spacial score (nSPS) is 30.4. The third-order valence-electron chi connectivity index (χ3n) is 8.44. The predicted octanol–water partition coefficient (Wildman–Crippen LogP) is 1.67. The van der Waals surface area contributed by atoms with Gasteiger partial charge in [0.1, 0.15) is 55.9 Å². The number of aliphatic hydroxyl groups excluding tert-OH is 7. The van der Waals surface area contributed by atoms with Crippen LogP contribution in [-0.4, -0.2) is 127 Å². The lowest BCUT2D eigenvalue weighted by Crippen LogP contribution is -2.62. The molecule has 0 aromatic carbocycles. The molecular formula is C33H60O14. The lowest BCUT2D eigenvalue weighted by molar-refractivity contribution is -0.383. The molecule has 2 heterocycles. The van der Waals surface area contributed by atoms with Crippen molar-refractivity contribution >= 4 is 11.9 Å². The summed E-state index contributed by atoms with van der Waals surface area (Å²) in [5.41, 5.74) is 0. The number of carboxylic acid groups (broad SMARTS) is 1. The minimum absolute atomic E-state index is 0.345. The van der Waals surface area contributed by atoms with Crippen molar-refractivity contribution in [2.24, 2.45) is 0 Å². The average Bonchev–Trinajstić information content (AvgIpc) is 3.31. The van der Waals surface area contributed by atoms with Gasteiger partial charge in [-0.05, 0) is 6.42 Å². The monoisotopic (exact) mass is 680 g/mol. The number of rotatable bonds is 23. The third kappa shape index (κ3) is 15.6. The highest BCUT2D eigenvalue weighted by atomic mass is 16.8. The molecule has 2 rings (SSSR count). The first kappa shape index (κ1) is 43.3. The number of unbranched alkanes of at least 4 members (excludes halogenated alkanes) is 14. The summed E-state index contributed by atoms with van der Waals surface area (Å²) >= 11 is 0. The molecule has 14 heteroatoms. The summed E-state index contributed by atoms with van der Waals surface area (Å²) in [5, 5.41) is 77.3. The van der Waals surface area contributed by atoms with Gasteiger partial charge in [-0.3, -0.25) is 4.79 Å². The molecule has 0 bridgehead atoms. The zero-order valence-electron chi connectivity index (χ0n) is 27.9. The standard InChI is InChI=1S/C18H36O2.C15H24O12/c1-2-3-4-5-6-7-8-9-10-11-12-13-14-15-16-17-18(19)20;1-2-8(18)24-4-7-9(19)11(21)12(22)14(25-7)27-15(5-17)13(23)10(20)6(3-16)26-15/h2-17H2,1H3,(H,19,20);2,6-7,9-14,16-17,19-23H,1,3-5H2/t;6-,7-,9-,10-,11+,12-,13+,14-,15+/m.1/s1. The number of carbonyl (C=O) groups is 2. The molecule has 2 aliphatic heterocycles. The summed E-state index contributed by atoms with van der Waals surface area (Å²) in [7, 11) is 0. The fourth-order valence-corrected chi connectivity index (χ4v) is 5.49. The molecule has 8 N–H and O–H groups in total. The Morgan fingerprint density at radius 3 is 1.68 bits per heavy atom. The van der Waals surface area contributed by atoms with E-state index in [-0.39, 0.29) is 0 Å². The van der Waals surface area contributed by atoms with E-state index in [0.717, 1.165) is 18.9 Å². The average molecular weight is 681 g/mol.